The van der Waals surface area contributed by atoms with E-state index in [1.165, 1.54) is 0 Å². The molecule has 1 atom stereocenters. The normalized spacial score (nSPS) is 16.2. The van der Waals surface area contributed by atoms with Crippen molar-refractivity contribution >= 4 is 23.4 Å². The topological polar surface area (TPSA) is 38.8 Å². The second kappa shape index (κ2) is 8.40. The summed E-state index contributed by atoms with van der Waals surface area (Å²) in [7, 11) is 0. The van der Waals surface area contributed by atoms with Crippen molar-refractivity contribution in [3.8, 4) is 17.2 Å². The Labute approximate surface area is 169 Å². The van der Waals surface area contributed by atoms with Crippen LogP contribution in [0.25, 0.3) is 0 Å². The van der Waals surface area contributed by atoms with Gasteiger partial charge in [-0.15, -0.1) is 11.8 Å². The number of hydrogen-bond acceptors (Lipinski definition) is 4. The molecule has 28 heavy (non-hydrogen) atoms. The van der Waals surface area contributed by atoms with Crippen LogP contribution in [-0.2, 0) is 4.79 Å². The molecule has 1 heterocycles. The van der Waals surface area contributed by atoms with Gasteiger partial charge in [0.2, 0.25) is 5.91 Å². The highest BCUT2D eigenvalue weighted by Crippen LogP contribution is 2.42. The van der Waals surface area contributed by atoms with Crippen LogP contribution in [0.3, 0.4) is 0 Å². The van der Waals surface area contributed by atoms with Crippen LogP contribution in [0.4, 0.5) is 5.69 Å². The Morgan fingerprint density at radius 2 is 1.54 bits per heavy atom. The van der Waals surface area contributed by atoms with E-state index < -0.39 is 0 Å². The molecule has 4 rings (SSSR count). The summed E-state index contributed by atoms with van der Waals surface area (Å²) in [5.41, 5.74) is 1.96. The number of hydrogen-bond donors (Lipinski definition) is 0. The molecular weight excluding hydrogens is 370 g/mol. The Bertz CT molecular complexity index is 926. The summed E-state index contributed by atoms with van der Waals surface area (Å²) in [6.07, 6.45) is 0. The number of carbonyl (C=O) groups excluding carboxylic acids is 1. The average Bonchev–Trinajstić information content (AvgIpc) is 3.12. The number of amides is 1. The molecule has 0 spiro atoms. The van der Waals surface area contributed by atoms with Gasteiger partial charge < -0.3 is 9.47 Å². The van der Waals surface area contributed by atoms with E-state index in [4.69, 9.17) is 9.47 Å². The molecular formula is C23H21NO3S. The SMILES string of the molecule is CCOc1ccc(N2C(=O)CSC2c2ccc(Oc3ccccc3)cc2)cc1. The van der Waals surface area contributed by atoms with E-state index in [1.807, 2.05) is 90.7 Å². The van der Waals surface area contributed by atoms with Crippen LogP contribution in [0.2, 0.25) is 0 Å². The van der Waals surface area contributed by atoms with E-state index in [0.717, 1.165) is 28.5 Å². The first-order valence-corrected chi connectivity index (χ1v) is 10.3. The van der Waals surface area contributed by atoms with Crippen LogP contribution in [-0.4, -0.2) is 18.3 Å². The predicted molar refractivity (Wildman–Crippen MR) is 113 cm³/mol. The lowest BCUT2D eigenvalue weighted by Crippen LogP contribution is -2.27. The Morgan fingerprint density at radius 1 is 0.893 bits per heavy atom. The lowest BCUT2D eigenvalue weighted by Gasteiger charge is -2.24. The van der Waals surface area contributed by atoms with Gasteiger partial charge in [-0.25, -0.2) is 0 Å². The molecule has 0 aliphatic carbocycles. The van der Waals surface area contributed by atoms with Gasteiger partial charge in [-0.2, -0.15) is 0 Å². The summed E-state index contributed by atoms with van der Waals surface area (Å²) < 4.78 is 11.4. The van der Waals surface area contributed by atoms with Crippen molar-refractivity contribution < 1.29 is 14.3 Å². The third-order valence-electron chi connectivity index (χ3n) is 4.44. The van der Waals surface area contributed by atoms with Crippen molar-refractivity contribution in [1.29, 1.82) is 0 Å². The van der Waals surface area contributed by atoms with Crippen LogP contribution in [0, 0.1) is 0 Å². The number of nitrogens with zero attached hydrogens (tertiary/aromatic N) is 1. The van der Waals surface area contributed by atoms with E-state index in [2.05, 4.69) is 0 Å². The van der Waals surface area contributed by atoms with Crippen LogP contribution < -0.4 is 14.4 Å². The molecule has 1 unspecified atom stereocenters. The minimum atomic E-state index is -0.0452. The Morgan fingerprint density at radius 3 is 2.21 bits per heavy atom. The highest BCUT2D eigenvalue weighted by Gasteiger charge is 2.34. The van der Waals surface area contributed by atoms with Crippen LogP contribution in [0.15, 0.2) is 78.9 Å². The summed E-state index contributed by atoms with van der Waals surface area (Å²) in [6.45, 7) is 2.58. The van der Waals surface area contributed by atoms with Gasteiger partial charge in [-0.1, -0.05) is 30.3 Å². The van der Waals surface area contributed by atoms with Gasteiger partial charge in [0.15, 0.2) is 0 Å². The van der Waals surface area contributed by atoms with E-state index >= 15 is 0 Å². The number of para-hydroxylation sites is 1. The maximum absolute atomic E-state index is 12.5. The fourth-order valence-electron chi connectivity index (χ4n) is 3.14. The van der Waals surface area contributed by atoms with Crippen LogP contribution >= 0.6 is 11.8 Å². The number of rotatable bonds is 6. The van der Waals surface area contributed by atoms with E-state index in [9.17, 15) is 4.79 Å². The van der Waals surface area contributed by atoms with Gasteiger partial charge in [0.25, 0.3) is 0 Å². The van der Waals surface area contributed by atoms with Crippen molar-refractivity contribution in [2.75, 3.05) is 17.3 Å². The summed E-state index contributed by atoms with van der Waals surface area (Å²) >= 11 is 1.64. The third-order valence-corrected chi connectivity index (χ3v) is 5.65. The first-order valence-electron chi connectivity index (χ1n) is 9.24. The fourth-order valence-corrected chi connectivity index (χ4v) is 4.32. The van der Waals surface area contributed by atoms with Gasteiger partial charge in [0.05, 0.1) is 12.4 Å². The summed E-state index contributed by atoms with van der Waals surface area (Å²) in [4.78, 5) is 14.4. The molecule has 0 bridgehead atoms. The van der Waals surface area contributed by atoms with Crippen LogP contribution in [0.1, 0.15) is 17.9 Å². The summed E-state index contributed by atoms with van der Waals surface area (Å²) in [6, 6.07) is 25.3. The molecule has 0 N–H and O–H groups in total. The zero-order valence-corrected chi connectivity index (χ0v) is 16.4. The molecule has 0 saturated carbocycles. The largest absolute Gasteiger partial charge is 0.494 e. The molecule has 3 aromatic carbocycles. The Balaban J connectivity index is 1.53. The Kier molecular flexibility index (Phi) is 5.53. The number of anilines is 1. The molecule has 0 radical (unpaired) electrons. The Hall–Kier alpha value is -2.92. The molecule has 1 amide bonds. The minimum Gasteiger partial charge on any atom is -0.494 e. The van der Waals surface area contributed by atoms with Gasteiger partial charge in [-0.05, 0) is 61.0 Å². The van der Waals surface area contributed by atoms with E-state index in [0.29, 0.717) is 12.4 Å². The number of carbonyl (C=O) groups is 1. The van der Waals surface area contributed by atoms with Crippen LogP contribution in [0.5, 0.6) is 17.2 Å². The first kappa shape index (κ1) is 18.4. The van der Waals surface area contributed by atoms with Crippen molar-refractivity contribution in [1.82, 2.24) is 0 Å². The smallest absolute Gasteiger partial charge is 0.238 e. The third kappa shape index (κ3) is 3.99. The molecule has 4 nitrogen and oxygen atoms in total. The molecule has 1 aliphatic heterocycles. The zero-order valence-electron chi connectivity index (χ0n) is 15.6. The van der Waals surface area contributed by atoms with Crippen molar-refractivity contribution in [3.63, 3.8) is 0 Å². The second-order valence-electron chi connectivity index (χ2n) is 6.34. The highest BCUT2D eigenvalue weighted by atomic mass is 32.2. The first-order chi connectivity index (χ1) is 13.7. The molecule has 1 fully saturated rings. The minimum absolute atomic E-state index is 0.0452. The highest BCUT2D eigenvalue weighted by molar-refractivity contribution is 8.00. The number of thioether (sulfide) groups is 1. The van der Waals surface area contributed by atoms with E-state index in [1.54, 1.807) is 11.8 Å². The lowest BCUT2D eigenvalue weighted by molar-refractivity contribution is -0.115. The van der Waals surface area contributed by atoms with Crippen molar-refractivity contribution in [3.05, 3.63) is 84.4 Å². The molecule has 5 heteroatoms. The van der Waals surface area contributed by atoms with E-state index in [-0.39, 0.29) is 11.3 Å². The number of benzene rings is 3. The van der Waals surface area contributed by atoms with Gasteiger partial charge in [0.1, 0.15) is 22.6 Å². The average molecular weight is 391 g/mol. The van der Waals surface area contributed by atoms with Gasteiger partial charge in [-0.3, -0.25) is 9.69 Å². The molecule has 3 aromatic rings. The zero-order chi connectivity index (χ0) is 19.3. The fraction of sp³-hybridized carbons (Fsp3) is 0.174. The maximum atomic E-state index is 12.5. The molecule has 142 valence electrons. The molecule has 0 aromatic heterocycles. The molecule has 1 saturated heterocycles. The maximum Gasteiger partial charge on any atom is 0.238 e. The summed E-state index contributed by atoms with van der Waals surface area (Å²) in [5, 5.41) is -0.0452. The molecule has 1 aliphatic rings. The lowest BCUT2D eigenvalue weighted by atomic mass is 10.1. The quantitative estimate of drug-likeness (QED) is 0.544. The summed E-state index contributed by atoms with van der Waals surface area (Å²) in [5.74, 6) is 2.97. The monoisotopic (exact) mass is 391 g/mol. The van der Waals surface area contributed by atoms with Gasteiger partial charge in [0, 0.05) is 5.69 Å². The van der Waals surface area contributed by atoms with Crippen molar-refractivity contribution in [2.45, 2.75) is 12.3 Å². The predicted octanol–water partition coefficient (Wildman–Crippen LogP) is 5.66. The van der Waals surface area contributed by atoms with Crippen molar-refractivity contribution in [2.24, 2.45) is 0 Å². The number of ether oxygens (including phenoxy) is 2. The second-order valence-corrected chi connectivity index (χ2v) is 7.41. The standard InChI is InChI=1S/C23H21NO3S/c1-2-26-19-14-10-18(11-15-19)24-22(25)16-28-23(24)17-8-12-21(13-9-17)27-20-6-4-3-5-7-20/h3-15,23H,2,16H2,1H3. The van der Waals surface area contributed by atoms with Gasteiger partial charge >= 0.3 is 0 Å².